The Morgan fingerprint density at radius 1 is 1.21 bits per heavy atom. The molecule has 1 N–H and O–H groups in total. The highest BCUT2D eigenvalue weighted by Gasteiger charge is 2.46. The summed E-state index contributed by atoms with van der Waals surface area (Å²) < 4.78 is 0. The molecule has 0 spiro atoms. The Morgan fingerprint density at radius 3 is 2.38 bits per heavy atom. The number of carboxylic acid groups (broad SMARTS) is 1. The van der Waals surface area contributed by atoms with Crippen LogP contribution in [0.15, 0.2) is 12.3 Å². The van der Waals surface area contributed by atoms with Crippen LogP contribution in [0.25, 0.3) is 0 Å². The van der Waals surface area contributed by atoms with Gasteiger partial charge in [0.2, 0.25) is 5.91 Å². The van der Waals surface area contributed by atoms with Crippen LogP contribution in [0.3, 0.4) is 0 Å². The number of hydrogen-bond donors (Lipinski definition) is 1. The Hall–Kier alpha value is -1.53. The van der Waals surface area contributed by atoms with E-state index in [0.717, 1.165) is 6.42 Å². The lowest BCUT2D eigenvalue weighted by molar-refractivity contribution is -0.159. The highest BCUT2D eigenvalue weighted by atomic mass is 35.5. The maximum atomic E-state index is 12.5. The number of aromatic nitrogens is 1. The smallest absolute Gasteiger partial charge is 0.310 e. The van der Waals surface area contributed by atoms with Crippen molar-refractivity contribution in [3.8, 4) is 0 Å². The molecule has 2 heterocycles. The van der Waals surface area contributed by atoms with E-state index in [1.54, 1.807) is 17.2 Å². The minimum atomic E-state index is -0.849. The van der Waals surface area contributed by atoms with E-state index in [0.29, 0.717) is 54.9 Å². The van der Waals surface area contributed by atoms with E-state index in [1.807, 2.05) is 4.90 Å². The van der Waals surface area contributed by atoms with Crippen LogP contribution < -0.4 is 4.90 Å². The Morgan fingerprint density at radius 2 is 1.88 bits per heavy atom. The first kappa shape index (κ1) is 17.3. The van der Waals surface area contributed by atoms with Gasteiger partial charge in [0, 0.05) is 38.8 Å². The Balaban J connectivity index is 1.58. The van der Waals surface area contributed by atoms with Crippen LogP contribution in [0.4, 0.5) is 5.82 Å². The van der Waals surface area contributed by atoms with Crippen molar-refractivity contribution in [1.82, 2.24) is 9.88 Å². The third kappa shape index (κ3) is 3.30. The molecule has 2 fully saturated rings. The third-order valence-corrected chi connectivity index (χ3v) is 5.46. The van der Waals surface area contributed by atoms with Crippen LogP contribution >= 0.6 is 23.2 Å². The third-order valence-electron chi connectivity index (χ3n) is 4.97. The number of carboxylic acids is 1. The first-order chi connectivity index (χ1) is 11.4. The molecule has 1 aliphatic carbocycles. The van der Waals surface area contributed by atoms with Crippen molar-refractivity contribution in [2.45, 2.75) is 25.7 Å². The van der Waals surface area contributed by atoms with E-state index in [9.17, 15) is 14.7 Å². The van der Waals surface area contributed by atoms with Crippen LogP contribution in [-0.4, -0.2) is 53.0 Å². The fraction of sp³-hybridized carbons (Fsp3) is 0.562. The minimum Gasteiger partial charge on any atom is -0.481 e. The van der Waals surface area contributed by atoms with Gasteiger partial charge >= 0.3 is 5.97 Å². The van der Waals surface area contributed by atoms with E-state index in [4.69, 9.17) is 23.2 Å². The number of nitrogens with zero attached hydrogens (tertiary/aromatic N) is 3. The second-order valence-corrected chi connectivity index (χ2v) is 7.29. The molecule has 0 bridgehead atoms. The van der Waals surface area contributed by atoms with Gasteiger partial charge in [-0.1, -0.05) is 29.6 Å². The summed E-state index contributed by atoms with van der Waals surface area (Å²) in [5.74, 6) is -0.265. The summed E-state index contributed by atoms with van der Waals surface area (Å²) in [5, 5.41) is 10.3. The highest BCUT2D eigenvalue weighted by molar-refractivity contribution is 6.36. The van der Waals surface area contributed by atoms with Gasteiger partial charge in [-0.25, -0.2) is 4.98 Å². The van der Waals surface area contributed by atoms with Crippen LogP contribution in [0.1, 0.15) is 25.7 Å². The van der Waals surface area contributed by atoms with Gasteiger partial charge in [-0.3, -0.25) is 9.59 Å². The first-order valence-electron chi connectivity index (χ1n) is 7.98. The lowest BCUT2D eigenvalue weighted by atomic mass is 9.66. The number of amides is 1. The molecule has 0 radical (unpaired) electrons. The number of aliphatic carboxylic acids is 1. The van der Waals surface area contributed by atoms with Crippen molar-refractivity contribution >= 4 is 40.9 Å². The normalized spacial score (nSPS) is 19.8. The molecule has 1 aromatic heterocycles. The predicted molar refractivity (Wildman–Crippen MR) is 91.6 cm³/mol. The highest BCUT2D eigenvalue weighted by Crippen LogP contribution is 2.44. The number of carbonyl (C=O) groups is 2. The Labute approximate surface area is 150 Å². The molecule has 0 unspecified atom stereocenters. The van der Waals surface area contributed by atoms with Crippen LogP contribution in [0, 0.1) is 5.41 Å². The summed E-state index contributed by atoms with van der Waals surface area (Å²) in [6, 6.07) is 1.65. The molecular formula is C16H19Cl2N3O3. The summed E-state index contributed by atoms with van der Waals surface area (Å²) in [6.07, 6.45) is 3.72. The van der Waals surface area contributed by atoms with Crippen LogP contribution in [0.2, 0.25) is 10.0 Å². The van der Waals surface area contributed by atoms with Crippen LogP contribution in [0.5, 0.6) is 0 Å². The predicted octanol–water partition coefficient (Wildman–Crippen LogP) is 2.68. The molecule has 130 valence electrons. The topological polar surface area (TPSA) is 73.7 Å². The number of pyridine rings is 1. The maximum Gasteiger partial charge on any atom is 0.310 e. The molecule has 1 aliphatic heterocycles. The van der Waals surface area contributed by atoms with Crippen molar-refractivity contribution in [2.24, 2.45) is 5.41 Å². The number of halogens is 2. The van der Waals surface area contributed by atoms with Gasteiger partial charge in [0.25, 0.3) is 0 Å². The SMILES string of the molecule is O=C(CC1(C(=O)O)CCC1)N1CCN(c2ncc(Cl)cc2Cl)CC1. The second kappa shape index (κ2) is 6.76. The van der Waals surface area contributed by atoms with E-state index < -0.39 is 11.4 Å². The zero-order valence-corrected chi connectivity index (χ0v) is 14.7. The summed E-state index contributed by atoms with van der Waals surface area (Å²) in [5.41, 5.74) is -0.838. The van der Waals surface area contributed by atoms with Gasteiger partial charge in [0.05, 0.1) is 15.5 Å². The molecule has 1 saturated carbocycles. The van der Waals surface area contributed by atoms with E-state index in [2.05, 4.69) is 4.98 Å². The summed E-state index contributed by atoms with van der Waals surface area (Å²) in [7, 11) is 0. The van der Waals surface area contributed by atoms with E-state index >= 15 is 0 Å². The Bertz CT molecular complexity index is 656. The van der Waals surface area contributed by atoms with Gasteiger partial charge < -0.3 is 14.9 Å². The molecule has 6 nitrogen and oxygen atoms in total. The maximum absolute atomic E-state index is 12.5. The summed E-state index contributed by atoms with van der Waals surface area (Å²) in [6.45, 7) is 2.30. The standard InChI is InChI=1S/C16H19Cl2N3O3/c17-11-8-12(18)14(19-10-11)21-6-4-20(5-7-21)13(22)9-16(15(23)24)2-1-3-16/h8,10H,1-7,9H2,(H,23,24). The zero-order chi connectivity index (χ0) is 17.3. The van der Waals surface area contributed by atoms with Gasteiger partial charge in [-0.15, -0.1) is 0 Å². The number of carbonyl (C=O) groups excluding carboxylic acids is 1. The quantitative estimate of drug-likeness (QED) is 0.880. The zero-order valence-electron chi connectivity index (χ0n) is 13.2. The van der Waals surface area contributed by atoms with Gasteiger partial charge in [-0.05, 0) is 18.9 Å². The minimum absolute atomic E-state index is 0.0769. The summed E-state index contributed by atoms with van der Waals surface area (Å²) in [4.78, 5) is 31.9. The number of hydrogen-bond acceptors (Lipinski definition) is 4. The van der Waals surface area contributed by atoms with Gasteiger partial charge in [0.1, 0.15) is 5.82 Å². The lowest BCUT2D eigenvalue weighted by Crippen LogP contribution is -2.51. The van der Waals surface area contributed by atoms with Crippen LogP contribution in [-0.2, 0) is 9.59 Å². The monoisotopic (exact) mass is 371 g/mol. The molecule has 2 aliphatic rings. The van der Waals surface area contributed by atoms with Gasteiger partial charge in [0.15, 0.2) is 0 Å². The lowest BCUT2D eigenvalue weighted by Gasteiger charge is -2.40. The average Bonchev–Trinajstić information content (AvgIpc) is 2.50. The Kier molecular flexibility index (Phi) is 4.88. The molecule has 1 aromatic rings. The largest absolute Gasteiger partial charge is 0.481 e. The fourth-order valence-corrected chi connectivity index (χ4v) is 3.78. The average molecular weight is 372 g/mol. The number of piperazine rings is 1. The van der Waals surface area contributed by atoms with E-state index in [1.165, 1.54) is 0 Å². The van der Waals surface area contributed by atoms with Crippen molar-refractivity contribution in [1.29, 1.82) is 0 Å². The second-order valence-electron chi connectivity index (χ2n) is 6.44. The van der Waals surface area contributed by atoms with Crippen molar-refractivity contribution < 1.29 is 14.7 Å². The molecule has 1 saturated heterocycles. The first-order valence-corrected chi connectivity index (χ1v) is 8.74. The van der Waals surface area contributed by atoms with E-state index in [-0.39, 0.29) is 12.3 Å². The van der Waals surface area contributed by atoms with Gasteiger partial charge in [-0.2, -0.15) is 0 Å². The number of anilines is 1. The molecule has 0 aromatic carbocycles. The molecular weight excluding hydrogens is 353 g/mol. The fourth-order valence-electron chi connectivity index (χ4n) is 3.28. The van der Waals surface area contributed by atoms with Crippen molar-refractivity contribution in [2.75, 3.05) is 31.1 Å². The molecule has 8 heteroatoms. The molecule has 24 heavy (non-hydrogen) atoms. The molecule has 1 amide bonds. The molecule has 0 atom stereocenters. The van der Waals surface area contributed by atoms with Crippen molar-refractivity contribution in [3.63, 3.8) is 0 Å². The van der Waals surface area contributed by atoms with Crippen molar-refractivity contribution in [3.05, 3.63) is 22.3 Å². The number of rotatable bonds is 4. The summed E-state index contributed by atoms with van der Waals surface area (Å²) >= 11 is 12.0. The molecule has 3 rings (SSSR count).